The van der Waals surface area contributed by atoms with Gasteiger partial charge in [-0.3, -0.25) is 0 Å². The van der Waals surface area contributed by atoms with E-state index in [-0.39, 0.29) is 0 Å². The van der Waals surface area contributed by atoms with Gasteiger partial charge in [0.05, 0.1) is 49.5 Å². The second-order valence-corrected chi connectivity index (χ2v) is 8.57. The zero-order chi connectivity index (χ0) is 16.4. The van der Waals surface area contributed by atoms with E-state index >= 15 is 0 Å². The molecule has 1 aromatic carbocycles. The molecule has 0 radical (unpaired) electrons. The molecule has 0 spiro atoms. The highest BCUT2D eigenvalue weighted by molar-refractivity contribution is 7.89. The number of sulfonamides is 1. The Labute approximate surface area is 138 Å². The third kappa shape index (κ3) is 3.46. The summed E-state index contributed by atoms with van der Waals surface area (Å²) in [5.74, 6) is 0. The molecule has 2 heterocycles. The van der Waals surface area contributed by atoms with E-state index in [0.717, 1.165) is 51.1 Å². The lowest BCUT2D eigenvalue weighted by Gasteiger charge is -2.32. The molecule has 2 aliphatic rings. The normalized spacial score (nSPS) is 21.5. The first-order valence-electron chi connectivity index (χ1n) is 8.44. The van der Waals surface area contributed by atoms with Gasteiger partial charge in [0.25, 0.3) is 0 Å². The van der Waals surface area contributed by atoms with Crippen molar-refractivity contribution in [3.63, 3.8) is 0 Å². The number of piperidine rings is 1. The van der Waals surface area contributed by atoms with Crippen molar-refractivity contribution >= 4 is 21.4 Å². The summed E-state index contributed by atoms with van der Waals surface area (Å²) in [6.45, 7) is 5.29. The van der Waals surface area contributed by atoms with Gasteiger partial charge < -0.3 is 15.5 Å². The van der Waals surface area contributed by atoms with E-state index in [1.807, 2.05) is 6.07 Å². The van der Waals surface area contributed by atoms with Gasteiger partial charge in [-0.2, -0.15) is 4.31 Å². The molecule has 3 N–H and O–H groups in total. The highest BCUT2D eigenvalue weighted by Crippen LogP contribution is 2.28. The van der Waals surface area contributed by atoms with E-state index in [1.54, 1.807) is 16.4 Å². The van der Waals surface area contributed by atoms with Crippen LogP contribution in [-0.4, -0.2) is 59.0 Å². The first-order valence-corrected chi connectivity index (χ1v) is 9.88. The van der Waals surface area contributed by atoms with Gasteiger partial charge in [0.2, 0.25) is 10.0 Å². The maximum absolute atomic E-state index is 12.7. The second kappa shape index (κ2) is 6.67. The molecule has 0 amide bonds. The van der Waals surface area contributed by atoms with Crippen LogP contribution < -0.4 is 15.5 Å². The number of nitrogens with two attached hydrogens (primary N) is 1. The number of nitrogens with one attached hydrogen (secondary N) is 1. The van der Waals surface area contributed by atoms with Crippen molar-refractivity contribution < 1.29 is 13.3 Å². The van der Waals surface area contributed by atoms with Gasteiger partial charge in [-0.25, -0.2) is 8.42 Å². The molecule has 0 bridgehead atoms. The lowest BCUT2D eigenvalue weighted by molar-refractivity contribution is -0.880. The van der Waals surface area contributed by atoms with Gasteiger partial charge in [-0.1, -0.05) is 6.42 Å². The molecule has 2 fully saturated rings. The van der Waals surface area contributed by atoms with Crippen LogP contribution in [-0.2, 0) is 10.0 Å². The Kier molecular flexibility index (Phi) is 4.79. The lowest BCUT2D eigenvalue weighted by Crippen LogP contribution is -3.12. The van der Waals surface area contributed by atoms with Crippen molar-refractivity contribution in [2.45, 2.75) is 24.2 Å². The highest BCUT2D eigenvalue weighted by atomic mass is 32.2. The number of benzene rings is 1. The number of piperazine rings is 1. The molecule has 3 rings (SSSR count). The summed E-state index contributed by atoms with van der Waals surface area (Å²) in [6, 6.07) is 5.21. The van der Waals surface area contributed by atoms with Gasteiger partial charge in [-0.05, 0) is 31.0 Å². The van der Waals surface area contributed by atoms with E-state index < -0.39 is 10.0 Å². The van der Waals surface area contributed by atoms with Crippen LogP contribution in [0.15, 0.2) is 23.1 Å². The Balaban J connectivity index is 1.81. The molecule has 0 aromatic heterocycles. The van der Waals surface area contributed by atoms with Crippen LogP contribution >= 0.6 is 0 Å². The van der Waals surface area contributed by atoms with Gasteiger partial charge in [0.15, 0.2) is 0 Å². The van der Waals surface area contributed by atoms with Crippen LogP contribution in [0.1, 0.15) is 19.3 Å². The molecule has 0 aliphatic carbocycles. The molecule has 6 nitrogen and oxygen atoms in total. The molecular formula is C16H27N4O2S+. The standard InChI is InChI=1S/C16H26N4O2S/c1-18-9-11-19(12-10-18)16-6-5-14(13-15(16)17)23(21,22)20-7-3-2-4-8-20/h5-6,13H,2-4,7-12,17H2,1H3/p+1. The second-order valence-electron chi connectivity index (χ2n) is 6.63. The smallest absolute Gasteiger partial charge is 0.243 e. The average molecular weight is 339 g/mol. The minimum absolute atomic E-state index is 0.320. The molecule has 23 heavy (non-hydrogen) atoms. The van der Waals surface area contributed by atoms with Gasteiger partial charge >= 0.3 is 0 Å². The molecule has 7 heteroatoms. The van der Waals surface area contributed by atoms with Gasteiger partial charge in [0, 0.05) is 13.1 Å². The summed E-state index contributed by atoms with van der Waals surface area (Å²) in [5, 5.41) is 0. The average Bonchev–Trinajstić information content (AvgIpc) is 2.56. The number of rotatable bonds is 3. The van der Waals surface area contributed by atoms with Crippen LogP contribution in [0, 0.1) is 0 Å². The van der Waals surface area contributed by atoms with Crippen LogP contribution in [0.25, 0.3) is 0 Å². The SMILES string of the molecule is C[NH+]1CCN(c2ccc(S(=O)(=O)N3CCCCC3)cc2N)CC1. The molecule has 1 aromatic rings. The fraction of sp³-hybridized carbons (Fsp3) is 0.625. The minimum Gasteiger partial charge on any atom is -0.397 e. The predicted molar refractivity (Wildman–Crippen MR) is 92.3 cm³/mol. The first kappa shape index (κ1) is 16.5. The quantitative estimate of drug-likeness (QED) is 0.747. The van der Waals surface area contributed by atoms with Gasteiger partial charge in [-0.15, -0.1) is 0 Å². The van der Waals surface area contributed by atoms with E-state index in [9.17, 15) is 8.42 Å². The fourth-order valence-electron chi connectivity index (χ4n) is 3.36. The number of nitrogens with zero attached hydrogens (tertiary/aromatic N) is 2. The highest BCUT2D eigenvalue weighted by Gasteiger charge is 2.27. The summed E-state index contributed by atoms with van der Waals surface area (Å²) in [4.78, 5) is 4.09. The van der Waals surface area contributed by atoms with E-state index in [1.165, 1.54) is 4.90 Å². The summed E-state index contributed by atoms with van der Waals surface area (Å²) < 4.78 is 27.0. The van der Waals surface area contributed by atoms with Crippen molar-refractivity contribution in [3.8, 4) is 0 Å². The summed E-state index contributed by atoms with van der Waals surface area (Å²) >= 11 is 0. The zero-order valence-corrected chi connectivity index (χ0v) is 14.6. The van der Waals surface area contributed by atoms with Gasteiger partial charge in [0.1, 0.15) is 0 Å². The number of hydrogen-bond donors (Lipinski definition) is 2. The molecule has 0 unspecified atom stereocenters. The van der Waals surface area contributed by atoms with Crippen molar-refractivity contribution in [2.75, 3.05) is 56.9 Å². The molecule has 0 saturated carbocycles. The Morgan fingerprint density at radius 1 is 1.04 bits per heavy atom. The Bertz CT molecular complexity index is 648. The molecule has 2 aliphatic heterocycles. The van der Waals surface area contributed by atoms with Crippen LogP contribution in [0.2, 0.25) is 0 Å². The monoisotopic (exact) mass is 339 g/mol. The maximum atomic E-state index is 12.7. The topological polar surface area (TPSA) is 71.1 Å². The van der Waals surface area contributed by atoms with Crippen LogP contribution in [0.4, 0.5) is 11.4 Å². The minimum atomic E-state index is -3.41. The van der Waals surface area contributed by atoms with Crippen molar-refractivity contribution in [1.82, 2.24) is 4.31 Å². The van der Waals surface area contributed by atoms with Crippen LogP contribution in [0.3, 0.4) is 0 Å². The number of anilines is 2. The summed E-state index contributed by atoms with van der Waals surface area (Å²) in [6.07, 6.45) is 2.99. The number of likely N-dealkylation sites (N-methyl/N-ethyl adjacent to an activating group) is 1. The zero-order valence-electron chi connectivity index (χ0n) is 13.8. The lowest BCUT2D eigenvalue weighted by atomic mass is 10.2. The van der Waals surface area contributed by atoms with E-state index in [4.69, 9.17) is 5.73 Å². The van der Waals surface area contributed by atoms with Crippen molar-refractivity contribution in [1.29, 1.82) is 0 Å². The predicted octanol–water partition coefficient (Wildman–Crippen LogP) is -0.222. The largest absolute Gasteiger partial charge is 0.397 e. The third-order valence-corrected chi connectivity index (χ3v) is 6.80. The third-order valence-electron chi connectivity index (χ3n) is 4.91. The maximum Gasteiger partial charge on any atom is 0.243 e. The summed E-state index contributed by atoms with van der Waals surface area (Å²) in [5.41, 5.74) is 7.69. The first-order chi connectivity index (χ1) is 11.0. The van der Waals surface area contributed by atoms with Crippen LogP contribution in [0.5, 0.6) is 0 Å². The Morgan fingerprint density at radius 2 is 1.70 bits per heavy atom. The Morgan fingerprint density at radius 3 is 2.30 bits per heavy atom. The molecule has 0 atom stereocenters. The fourth-order valence-corrected chi connectivity index (χ4v) is 4.92. The molecular weight excluding hydrogens is 312 g/mol. The molecule has 128 valence electrons. The number of hydrogen-bond acceptors (Lipinski definition) is 4. The van der Waals surface area contributed by atoms with Crippen molar-refractivity contribution in [2.24, 2.45) is 0 Å². The van der Waals surface area contributed by atoms with E-state index in [0.29, 0.717) is 23.7 Å². The van der Waals surface area contributed by atoms with E-state index in [2.05, 4.69) is 11.9 Å². The summed E-state index contributed by atoms with van der Waals surface area (Å²) in [7, 11) is -1.22. The van der Waals surface area contributed by atoms with Crippen molar-refractivity contribution in [3.05, 3.63) is 18.2 Å². The number of nitrogen functional groups attached to an aromatic ring is 1. The Hall–Kier alpha value is -1.31. The number of quaternary nitrogens is 1. The molecule has 2 saturated heterocycles.